The Labute approximate surface area is 147 Å². The van der Waals surface area contributed by atoms with E-state index in [2.05, 4.69) is 0 Å². The molecule has 7 heteroatoms. The predicted molar refractivity (Wildman–Crippen MR) is 90.4 cm³/mol. The second kappa shape index (κ2) is 8.41. The van der Waals surface area contributed by atoms with Crippen LogP contribution in [-0.4, -0.2) is 58.4 Å². The van der Waals surface area contributed by atoms with Crippen LogP contribution in [0.4, 0.5) is 0 Å². The zero-order chi connectivity index (χ0) is 18.4. The zero-order valence-electron chi connectivity index (χ0n) is 14.9. The number of hydrogen-bond donors (Lipinski definition) is 0. The summed E-state index contributed by atoms with van der Waals surface area (Å²) in [6.45, 7) is 1.04. The van der Waals surface area contributed by atoms with Gasteiger partial charge in [-0.2, -0.15) is 0 Å². The molecule has 1 unspecified atom stereocenters. The van der Waals surface area contributed by atoms with Crippen LogP contribution in [-0.2, 0) is 25.5 Å². The topological polar surface area (TPSA) is 74.3 Å². The lowest BCUT2D eigenvalue weighted by atomic mass is 10.0. The van der Waals surface area contributed by atoms with E-state index in [0.29, 0.717) is 30.2 Å². The van der Waals surface area contributed by atoms with Gasteiger partial charge in [0.25, 0.3) is 0 Å². The minimum Gasteiger partial charge on any atom is -0.493 e. The number of carbonyl (C=O) groups is 2. The molecule has 2 rings (SSSR count). The highest BCUT2D eigenvalue weighted by Crippen LogP contribution is 2.28. The van der Waals surface area contributed by atoms with Crippen molar-refractivity contribution in [3.05, 3.63) is 35.5 Å². The fourth-order valence-electron chi connectivity index (χ4n) is 2.79. The smallest absolute Gasteiger partial charge is 0.336 e. The van der Waals surface area contributed by atoms with E-state index in [1.165, 1.54) is 14.2 Å². The van der Waals surface area contributed by atoms with E-state index < -0.39 is 17.9 Å². The van der Waals surface area contributed by atoms with Crippen LogP contribution in [0.5, 0.6) is 11.5 Å². The number of methoxy groups -OCH3 is 4. The van der Waals surface area contributed by atoms with Crippen molar-refractivity contribution in [1.29, 1.82) is 0 Å². The maximum atomic E-state index is 11.9. The molecule has 0 aromatic heterocycles. The Morgan fingerprint density at radius 3 is 2.40 bits per heavy atom. The van der Waals surface area contributed by atoms with Gasteiger partial charge in [-0.15, -0.1) is 0 Å². The van der Waals surface area contributed by atoms with Crippen LogP contribution in [0, 0.1) is 5.92 Å². The summed E-state index contributed by atoms with van der Waals surface area (Å²) >= 11 is 0. The Hall–Kier alpha value is -2.70. The van der Waals surface area contributed by atoms with Crippen LogP contribution in [0.25, 0.3) is 0 Å². The maximum absolute atomic E-state index is 11.9. The van der Waals surface area contributed by atoms with E-state index in [4.69, 9.17) is 18.9 Å². The lowest BCUT2D eigenvalue weighted by Crippen LogP contribution is -2.28. The van der Waals surface area contributed by atoms with Crippen molar-refractivity contribution < 1.29 is 28.5 Å². The summed E-state index contributed by atoms with van der Waals surface area (Å²) < 4.78 is 20.1. The fraction of sp³-hybridized carbons (Fsp3) is 0.444. The van der Waals surface area contributed by atoms with Gasteiger partial charge >= 0.3 is 11.9 Å². The quantitative estimate of drug-likeness (QED) is 0.689. The molecule has 0 amide bonds. The third kappa shape index (κ3) is 4.23. The Balaban J connectivity index is 2.07. The number of hydrogen-bond acceptors (Lipinski definition) is 7. The molecule has 25 heavy (non-hydrogen) atoms. The van der Waals surface area contributed by atoms with Crippen molar-refractivity contribution in [2.45, 2.75) is 6.42 Å². The second-order valence-electron chi connectivity index (χ2n) is 5.59. The van der Waals surface area contributed by atoms with Gasteiger partial charge in [0, 0.05) is 19.3 Å². The van der Waals surface area contributed by atoms with Gasteiger partial charge in [0.2, 0.25) is 0 Å². The first-order valence-corrected chi connectivity index (χ1v) is 7.86. The van der Waals surface area contributed by atoms with Gasteiger partial charge in [0.1, 0.15) is 5.92 Å². The van der Waals surface area contributed by atoms with E-state index in [9.17, 15) is 9.59 Å². The molecule has 0 radical (unpaired) electrons. The zero-order valence-corrected chi connectivity index (χ0v) is 14.9. The lowest BCUT2D eigenvalue weighted by Gasteiger charge is -2.17. The number of ether oxygens (including phenoxy) is 4. The summed E-state index contributed by atoms with van der Waals surface area (Å²) in [7, 11) is 5.79. The average Bonchev–Trinajstić information content (AvgIpc) is 3.09. The van der Waals surface area contributed by atoms with Crippen molar-refractivity contribution in [1.82, 2.24) is 4.90 Å². The van der Waals surface area contributed by atoms with Crippen LogP contribution in [0.1, 0.15) is 5.56 Å². The number of nitrogens with zero attached hydrogens (tertiary/aromatic N) is 1. The van der Waals surface area contributed by atoms with Gasteiger partial charge in [-0.1, -0.05) is 6.07 Å². The van der Waals surface area contributed by atoms with Crippen molar-refractivity contribution in [2.75, 3.05) is 41.5 Å². The summed E-state index contributed by atoms with van der Waals surface area (Å²) in [4.78, 5) is 25.7. The standard InChI is InChI=1S/C18H23NO6/c1-22-15-6-5-12(9-16(15)23-2)7-8-19-10-13(17(20)24-3)14(11-19)18(21)25-4/h5-6,9-10,14H,7-8,11H2,1-4H3. The highest BCUT2D eigenvalue weighted by molar-refractivity contribution is 5.96. The first-order chi connectivity index (χ1) is 12.0. The van der Waals surface area contributed by atoms with Crippen LogP contribution in [0.15, 0.2) is 30.0 Å². The molecule has 0 aliphatic carbocycles. The van der Waals surface area contributed by atoms with E-state index >= 15 is 0 Å². The van der Waals surface area contributed by atoms with Crippen LogP contribution in [0.2, 0.25) is 0 Å². The van der Waals surface area contributed by atoms with Gasteiger partial charge in [0.05, 0.1) is 34.0 Å². The molecule has 0 N–H and O–H groups in total. The molecule has 0 spiro atoms. The Morgan fingerprint density at radius 2 is 1.80 bits per heavy atom. The minimum atomic E-state index is -0.622. The Kier molecular flexibility index (Phi) is 6.27. The SMILES string of the molecule is COC(=O)C1=CN(CCc2ccc(OC)c(OC)c2)CC1C(=O)OC. The third-order valence-corrected chi connectivity index (χ3v) is 4.16. The average molecular weight is 349 g/mol. The molecule has 0 saturated heterocycles. The molecule has 1 aliphatic rings. The first kappa shape index (κ1) is 18.6. The molecule has 1 atom stereocenters. The van der Waals surface area contributed by atoms with Gasteiger partial charge < -0.3 is 23.8 Å². The summed E-state index contributed by atoms with van der Waals surface area (Å²) in [5.41, 5.74) is 1.38. The molecule has 1 aromatic rings. The maximum Gasteiger partial charge on any atom is 0.336 e. The van der Waals surface area contributed by atoms with Crippen LogP contribution in [0.3, 0.4) is 0 Å². The van der Waals surface area contributed by atoms with Gasteiger partial charge in [-0.3, -0.25) is 4.79 Å². The van der Waals surface area contributed by atoms with Crippen molar-refractivity contribution in [3.8, 4) is 11.5 Å². The van der Waals surface area contributed by atoms with Crippen molar-refractivity contribution in [2.24, 2.45) is 5.92 Å². The molecule has 0 fully saturated rings. The van der Waals surface area contributed by atoms with Gasteiger partial charge in [-0.25, -0.2) is 4.79 Å². The van der Waals surface area contributed by atoms with Crippen LogP contribution >= 0.6 is 0 Å². The highest BCUT2D eigenvalue weighted by Gasteiger charge is 2.35. The summed E-state index contributed by atoms with van der Waals surface area (Å²) in [5, 5.41) is 0. The molecule has 1 heterocycles. The van der Waals surface area contributed by atoms with Crippen molar-refractivity contribution in [3.63, 3.8) is 0 Å². The van der Waals surface area contributed by atoms with E-state index in [-0.39, 0.29) is 0 Å². The van der Waals surface area contributed by atoms with Crippen LogP contribution < -0.4 is 9.47 Å². The number of rotatable bonds is 7. The normalized spacial score (nSPS) is 16.2. The molecule has 7 nitrogen and oxygen atoms in total. The Bertz CT molecular complexity index is 670. The highest BCUT2D eigenvalue weighted by atomic mass is 16.5. The second-order valence-corrected chi connectivity index (χ2v) is 5.59. The fourth-order valence-corrected chi connectivity index (χ4v) is 2.79. The summed E-state index contributed by atoms with van der Waals surface area (Å²) in [6.07, 6.45) is 2.40. The monoisotopic (exact) mass is 349 g/mol. The van der Waals surface area contributed by atoms with Crippen molar-refractivity contribution >= 4 is 11.9 Å². The van der Waals surface area contributed by atoms with E-state index in [1.54, 1.807) is 20.4 Å². The Morgan fingerprint density at radius 1 is 1.08 bits per heavy atom. The van der Waals surface area contributed by atoms with E-state index in [0.717, 1.165) is 12.0 Å². The number of esters is 2. The molecule has 0 bridgehead atoms. The molecule has 0 saturated carbocycles. The molecular weight excluding hydrogens is 326 g/mol. The summed E-state index contributed by atoms with van der Waals surface area (Å²) in [6, 6.07) is 5.73. The van der Waals surface area contributed by atoms with E-state index in [1.807, 2.05) is 23.1 Å². The molecule has 136 valence electrons. The summed E-state index contributed by atoms with van der Waals surface area (Å²) in [5.74, 6) is -0.233. The third-order valence-electron chi connectivity index (χ3n) is 4.16. The number of benzene rings is 1. The first-order valence-electron chi connectivity index (χ1n) is 7.86. The molecule has 1 aromatic carbocycles. The molecule has 1 aliphatic heterocycles. The van der Waals surface area contributed by atoms with Gasteiger partial charge in [0.15, 0.2) is 11.5 Å². The largest absolute Gasteiger partial charge is 0.493 e. The predicted octanol–water partition coefficient (Wildman–Crippen LogP) is 1.41. The molecular formula is C18H23NO6. The number of carbonyl (C=O) groups excluding carboxylic acids is 2. The minimum absolute atomic E-state index is 0.321. The lowest BCUT2D eigenvalue weighted by molar-refractivity contribution is -0.147. The van der Waals surface area contributed by atoms with Gasteiger partial charge in [-0.05, 0) is 24.1 Å².